The summed E-state index contributed by atoms with van der Waals surface area (Å²) in [6, 6.07) is 0. The van der Waals surface area contributed by atoms with Gasteiger partial charge in [-0.25, -0.2) is 4.98 Å². The third-order valence-corrected chi connectivity index (χ3v) is 2.84. The number of carbonyl (C=O) groups excluding carboxylic acids is 1. The Bertz CT molecular complexity index is 394. The van der Waals surface area contributed by atoms with Crippen molar-refractivity contribution in [2.24, 2.45) is 0 Å². The summed E-state index contributed by atoms with van der Waals surface area (Å²) in [5.74, 6) is 1.68. The van der Waals surface area contributed by atoms with Gasteiger partial charge in [-0.3, -0.25) is 4.79 Å². The van der Waals surface area contributed by atoms with Crippen molar-refractivity contribution in [1.82, 2.24) is 9.88 Å². The third kappa shape index (κ3) is 2.87. The first kappa shape index (κ1) is 13.7. The van der Waals surface area contributed by atoms with E-state index in [0.717, 1.165) is 6.42 Å². The Hall–Kier alpha value is -1.32. The van der Waals surface area contributed by atoms with E-state index in [-0.39, 0.29) is 17.7 Å². The number of nitrogens with zero attached hydrogens (tertiary/aromatic N) is 2. The summed E-state index contributed by atoms with van der Waals surface area (Å²) in [7, 11) is 3.45. The van der Waals surface area contributed by atoms with E-state index in [9.17, 15) is 4.79 Å². The molecule has 1 heterocycles. The average molecular weight is 238 g/mol. The molecule has 1 atom stereocenters. The zero-order valence-corrected chi connectivity index (χ0v) is 11.6. The highest BCUT2D eigenvalue weighted by atomic mass is 16.4. The van der Waals surface area contributed by atoms with Crippen LogP contribution in [0.5, 0.6) is 0 Å². The molecule has 0 aliphatic heterocycles. The van der Waals surface area contributed by atoms with Gasteiger partial charge in [0.05, 0.1) is 0 Å². The van der Waals surface area contributed by atoms with Crippen LogP contribution in [0.25, 0.3) is 0 Å². The molecule has 0 aliphatic rings. The minimum atomic E-state index is -0.0907. The van der Waals surface area contributed by atoms with Gasteiger partial charge in [-0.15, -0.1) is 0 Å². The van der Waals surface area contributed by atoms with Crippen LogP contribution >= 0.6 is 0 Å². The topological polar surface area (TPSA) is 46.3 Å². The Kier molecular flexibility index (Phi) is 4.32. The number of amides is 1. The summed E-state index contributed by atoms with van der Waals surface area (Å²) in [4.78, 5) is 17.9. The van der Waals surface area contributed by atoms with Gasteiger partial charge in [0.15, 0.2) is 11.6 Å². The minimum absolute atomic E-state index is 0.0907. The zero-order valence-electron chi connectivity index (χ0n) is 11.6. The largest absolute Gasteiger partial charge is 0.444 e. The minimum Gasteiger partial charge on any atom is -0.444 e. The van der Waals surface area contributed by atoms with E-state index in [1.165, 1.54) is 4.90 Å². The lowest BCUT2D eigenvalue weighted by atomic mass is 10.1. The summed E-state index contributed by atoms with van der Waals surface area (Å²) < 4.78 is 5.74. The first-order valence-electron chi connectivity index (χ1n) is 6.10. The van der Waals surface area contributed by atoms with E-state index < -0.39 is 0 Å². The van der Waals surface area contributed by atoms with Crippen molar-refractivity contribution in [2.45, 2.75) is 46.0 Å². The predicted octanol–water partition coefficient (Wildman–Crippen LogP) is 3.01. The number of rotatable bonds is 4. The second-order valence-electron chi connectivity index (χ2n) is 4.93. The molecule has 0 fully saturated rings. The quantitative estimate of drug-likeness (QED) is 0.810. The van der Waals surface area contributed by atoms with Gasteiger partial charge >= 0.3 is 0 Å². The van der Waals surface area contributed by atoms with Gasteiger partial charge in [-0.05, 0) is 6.42 Å². The van der Waals surface area contributed by atoms with Crippen molar-refractivity contribution < 1.29 is 9.21 Å². The van der Waals surface area contributed by atoms with Crippen molar-refractivity contribution >= 4 is 5.91 Å². The normalized spacial score (nSPS) is 12.9. The number of oxazole rings is 1. The number of aromatic nitrogens is 1. The molecule has 1 rings (SSSR count). The van der Waals surface area contributed by atoms with E-state index in [1.807, 2.05) is 13.8 Å². The standard InChI is InChI=1S/C13H22N2O2/c1-7-9(4)12-14-10(13(16)15(5)6)11(17-12)8(2)3/h8-9H,7H2,1-6H3/t9-/m0/s1. The van der Waals surface area contributed by atoms with Crippen molar-refractivity contribution in [1.29, 1.82) is 0 Å². The van der Waals surface area contributed by atoms with Gasteiger partial charge in [0.1, 0.15) is 5.76 Å². The van der Waals surface area contributed by atoms with Crippen molar-refractivity contribution in [3.8, 4) is 0 Å². The fourth-order valence-electron chi connectivity index (χ4n) is 1.49. The fourth-order valence-corrected chi connectivity index (χ4v) is 1.49. The van der Waals surface area contributed by atoms with Crippen molar-refractivity contribution in [3.63, 3.8) is 0 Å². The first-order chi connectivity index (χ1) is 7.88. The Morgan fingerprint density at radius 1 is 1.35 bits per heavy atom. The maximum atomic E-state index is 12.0. The SMILES string of the molecule is CC[C@H](C)c1nc(C(=O)N(C)C)c(C(C)C)o1. The van der Waals surface area contributed by atoms with Crippen LogP contribution < -0.4 is 0 Å². The number of hydrogen-bond acceptors (Lipinski definition) is 3. The molecule has 4 nitrogen and oxygen atoms in total. The van der Waals surface area contributed by atoms with Crippen LogP contribution in [0.3, 0.4) is 0 Å². The molecule has 0 bridgehead atoms. The van der Waals surface area contributed by atoms with E-state index >= 15 is 0 Å². The summed E-state index contributed by atoms with van der Waals surface area (Å²) in [6.07, 6.45) is 0.952. The average Bonchev–Trinajstić information content (AvgIpc) is 2.71. The van der Waals surface area contributed by atoms with Crippen molar-refractivity contribution in [3.05, 3.63) is 17.3 Å². The van der Waals surface area contributed by atoms with Gasteiger partial charge in [-0.1, -0.05) is 27.7 Å². The molecule has 0 unspecified atom stereocenters. The van der Waals surface area contributed by atoms with Gasteiger partial charge < -0.3 is 9.32 Å². The monoisotopic (exact) mass is 238 g/mol. The second kappa shape index (κ2) is 5.34. The smallest absolute Gasteiger partial charge is 0.275 e. The Labute approximate surface area is 103 Å². The van der Waals surface area contributed by atoms with Gasteiger partial charge in [0, 0.05) is 25.9 Å². The predicted molar refractivity (Wildman–Crippen MR) is 67.3 cm³/mol. The summed E-state index contributed by atoms with van der Waals surface area (Å²) in [5.41, 5.74) is 0.459. The van der Waals surface area contributed by atoms with Crippen LogP contribution in [-0.4, -0.2) is 29.9 Å². The molecular formula is C13H22N2O2. The molecule has 96 valence electrons. The molecule has 0 aliphatic carbocycles. The Morgan fingerprint density at radius 2 is 1.94 bits per heavy atom. The fraction of sp³-hybridized carbons (Fsp3) is 0.692. The molecule has 17 heavy (non-hydrogen) atoms. The molecule has 0 saturated heterocycles. The van der Waals surface area contributed by atoms with Crippen LogP contribution in [0.2, 0.25) is 0 Å². The third-order valence-electron chi connectivity index (χ3n) is 2.84. The van der Waals surface area contributed by atoms with E-state index in [1.54, 1.807) is 14.1 Å². The molecule has 1 amide bonds. The molecule has 0 aromatic carbocycles. The molecular weight excluding hydrogens is 216 g/mol. The van der Waals surface area contributed by atoms with Crippen LogP contribution in [-0.2, 0) is 0 Å². The van der Waals surface area contributed by atoms with E-state index in [0.29, 0.717) is 17.3 Å². The highest BCUT2D eigenvalue weighted by molar-refractivity contribution is 5.93. The second-order valence-corrected chi connectivity index (χ2v) is 4.93. The molecule has 0 radical (unpaired) electrons. The maximum absolute atomic E-state index is 12.0. The number of carbonyl (C=O) groups is 1. The maximum Gasteiger partial charge on any atom is 0.275 e. The first-order valence-corrected chi connectivity index (χ1v) is 6.10. The molecule has 0 saturated carbocycles. The van der Waals surface area contributed by atoms with Crippen molar-refractivity contribution in [2.75, 3.05) is 14.1 Å². The molecule has 1 aromatic heterocycles. The lowest BCUT2D eigenvalue weighted by Crippen LogP contribution is -2.23. The number of hydrogen-bond donors (Lipinski definition) is 0. The molecule has 0 N–H and O–H groups in total. The van der Waals surface area contributed by atoms with Crippen LogP contribution in [0.15, 0.2) is 4.42 Å². The highest BCUT2D eigenvalue weighted by Crippen LogP contribution is 2.26. The molecule has 0 spiro atoms. The van der Waals surface area contributed by atoms with E-state index in [2.05, 4.69) is 18.8 Å². The Morgan fingerprint density at radius 3 is 2.35 bits per heavy atom. The van der Waals surface area contributed by atoms with Gasteiger partial charge in [-0.2, -0.15) is 0 Å². The molecule has 1 aromatic rings. The van der Waals surface area contributed by atoms with Crippen LogP contribution in [0, 0.1) is 0 Å². The van der Waals surface area contributed by atoms with Gasteiger partial charge in [0.25, 0.3) is 5.91 Å². The lowest BCUT2D eigenvalue weighted by molar-refractivity contribution is 0.0820. The zero-order chi connectivity index (χ0) is 13.2. The summed E-state index contributed by atoms with van der Waals surface area (Å²) >= 11 is 0. The highest BCUT2D eigenvalue weighted by Gasteiger charge is 2.24. The molecule has 4 heteroatoms. The van der Waals surface area contributed by atoms with Crippen LogP contribution in [0.1, 0.15) is 68.1 Å². The van der Waals surface area contributed by atoms with Gasteiger partial charge in [0.2, 0.25) is 0 Å². The lowest BCUT2D eigenvalue weighted by Gasteiger charge is -2.09. The Balaban J connectivity index is 3.18. The summed E-state index contributed by atoms with van der Waals surface area (Å²) in [5, 5.41) is 0. The van der Waals surface area contributed by atoms with Crippen LogP contribution in [0.4, 0.5) is 0 Å². The van der Waals surface area contributed by atoms with E-state index in [4.69, 9.17) is 4.42 Å². The summed E-state index contributed by atoms with van der Waals surface area (Å²) in [6.45, 7) is 8.15.